The summed E-state index contributed by atoms with van der Waals surface area (Å²) in [5.74, 6) is -0.937. The molecule has 1 aromatic heterocycles. The third-order valence-corrected chi connectivity index (χ3v) is 1.16. The first-order valence-corrected chi connectivity index (χ1v) is 2.86. The van der Waals surface area contributed by atoms with Crippen molar-refractivity contribution in [2.45, 2.75) is 6.92 Å². The fraction of sp³-hybridized carbons (Fsp3) is 0.143. The van der Waals surface area contributed by atoms with Crippen LogP contribution in [-0.2, 0) is 0 Å². The van der Waals surface area contributed by atoms with Crippen LogP contribution in [-0.4, -0.2) is 45.6 Å². The van der Waals surface area contributed by atoms with Gasteiger partial charge in [0.1, 0.15) is 0 Å². The molecule has 0 saturated carbocycles. The zero-order chi connectivity index (χ0) is 7.56. The summed E-state index contributed by atoms with van der Waals surface area (Å²) >= 11 is 0. The number of rotatable bonds is 1. The molecular formula is C7H8NNaO2. The first-order valence-electron chi connectivity index (χ1n) is 2.86. The van der Waals surface area contributed by atoms with Crippen molar-refractivity contribution in [1.29, 1.82) is 0 Å². The van der Waals surface area contributed by atoms with Gasteiger partial charge in [0.15, 0.2) is 0 Å². The fourth-order valence-electron chi connectivity index (χ4n) is 0.594. The van der Waals surface area contributed by atoms with Gasteiger partial charge in [-0.05, 0) is 19.1 Å². The van der Waals surface area contributed by atoms with Gasteiger partial charge in [0.2, 0.25) is 0 Å². The molecule has 0 aliphatic carbocycles. The summed E-state index contributed by atoms with van der Waals surface area (Å²) in [4.78, 5) is 14.1. The number of hydrogen-bond acceptors (Lipinski definition) is 2. The second-order valence-electron chi connectivity index (χ2n) is 1.99. The van der Waals surface area contributed by atoms with Crippen LogP contribution in [0.25, 0.3) is 0 Å². The molecule has 0 radical (unpaired) electrons. The SMILES string of the molecule is Cc1ccc(C(=O)O)cn1.[NaH]. The molecule has 0 aromatic carbocycles. The number of aromatic carboxylic acids is 1. The van der Waals surface area contributed by atoms with Crippen molar-refractivity contribution in [3.8, 4) is 0 Å². The number of carbonyl (C=O) groups is 1. The van der Waals surface area contributed by atoms with E-state index in [1.807, 2.05) is 6.92 Å². The number of pyridine rings is 1. The van der Waals surface area contributed by atoms with E-state index in [0.717, 1.165) is 5.69 Å². The van der Waals surface area contributed by atoms with Gasteiger partial charge in [-0.1, -0.05) is 0 Å². The molecule has 11 heavy (non-hydrogen) atoms. The minimum absolute atomic E-state index is 0. The Hall–Kier alpha value is -0.380. The van der Waals surface area contributed by atoms with Gasteiger partial charge >= 0.3 is 35.5 Å². The first kappa shape index (κ1) is 10.6. The normalized spacial score (nSPS) is 8.45. The van der Waals surface area contributed by atoms with E-state index >= 15 is 0 Å². The van der Waals surface area contributed by atoms with Gasteiger partial charge in [-0.15, -0.1) is 0 Å². The van der Waals surface area contributed by atoms with E-state index < -0.39 is 5.97 Å². The average Bonchev–Trinajstić information content (AvgIpc) is 1.88. The fourth-order valence-corrected chi connectivity index (χ4v) is 0.594. The maximum absolute atomic E-state index is 10.3. The van der Waals surface area contributed by atoms with Crippen LogP contribution in [0.2, 0.25) is 0 Å². The molecule has 0 amide bonds. The average molecular weight is 161 g/mol. The summed E-state index contributed by atoms with van der Waals surface area (Å²) in [7, 11) is 0. The van der Waals surface area contributed by atoms with Crippen LogP contribution in [0, 0.1) is 6.92 Å². The Bertz CT molecular complexity index is 245. The van der Waals surface area contributed by atoms with Crippen molar-refractivity contribution >= 4 is 35.5 Å². The second-order valence-corrected chi connectivity index (χ2v) is 1.99. The summed E-state index contributed by atoms with van der Waals surface area (Å²) in [5, 5.41) is 8.44. The predicted molar refractivity (Wildman–Crippen MR) is 43.1 cm³/mol. The zero-order valence-corrected chi connectivity index (χ0v) is 5.53. The van der Waals surface area contributed by atoms with Gasteiger partial charge in [-0.25, -0.2) is 4.79 Å². The van der Waals surface area contributed by atoms with E-state index in [2.05, 4.69) is 4.98 Å². The van der Waals surface area contributed by atoms with Gasteiger partial charge in [0.05, 0.1) is 5.56 Å². The quantitative estimate of drug-likeness (QED) is 0.608. The number of carboxylic acids is 1. The molecule has 0 unspecified atom stereocenters. The van der Waals surface area contributed by atoms with E-state index in [0.29, 0.717) is 0 Å². The van der Waals surface area contributed by atoms with Gasteiger partial charge < -0.3 is 5.11 Å². The van der Waals surface area contributed by atoms with E-state index in [9.17, 15) is 4.79 Å². The Labute approximate surface area is 86.8 Å². The van der Waals surface area contributed by atoms with Gasteiger partial charge in [-0.2, -0.15) is 0 Å². The summed E-state index contributed by atoms with van der Waals surface area (Å²) < 4.78 is 0. The van der Waals surface area contributed by atoms with Crippen molar-refractivity contribution in [2.24, 2.45) is 0 Å². The standard InChI is InChI=1S/C7H7NO2.Na.H/c1-5-2-3-6(4-8-5)7(9)10;;/h2-4H,1H3,(H,9,10);;. The Balaban J connectivity index is 0.000001000. The van der Waals surface area contributed by atoms with E-state index in [1.54, 1.807) is 6.07 Å². The Morgan fingerprint density at radius 1 is 1.55 bits per heavy atom. The Morgan fingerprint density at radius 3 is 2.55 bits per heavy atom. The van der Waals surface area contributed by atoms with Crippen LogP contribution in [0.5, 0.6) is 0 Å². The van der Waals surface area contributed by atoms with Crippen LogP contribution in [0.15, 0.2) is 18.3 Å². The van der Waals surface area contributed by atoms with E-state index in [-0.39, 0.29) is 35.1 Å². The van der Waals surface area contributed by atoms with Gasteiger partial charge in [-0.3, -0.25) is 4.98 Å². The number of aromatic nitrogens is 1. The third-order valence-electron chi connectivity index (χ3n) is 1.16. The number of hydrogen-bond donors (Lipinski definition) is 1. The molecule has 0 fully saturated rings. The minimum atomic E-state index is -0.937. The first-order chi connectivity index (χ1) is 4.70. The molecule has 1 N–H and O–H groups in total. The molecule has 0 atom stereocenters. The van der Waals surface area contributed by atoms with Gasteiger partial charge in [0.25, 0.3) is 0 Å². The Morgan fingerprint density at radius 2 is 2.18 bits per heavy atom. The number of nitrogens with zero attached hydrogens (tertiary/aromatic N) is 1. The Kier molecular flexibility index (Phi) is 4.33. The molecule has 1 rings (SSSR count). The monoisotopic (exact) mass is 161 g/mol. The summed E-state index contributed by atoms with van der Waals surface area (Å²) in [6.07, 6.45) is 1.34. The van der Waals surface area contributed by atoms with Crippen molar-refractivity contribution in [2.75, 3.05) is 0 Å². The molecule has 0 spiro atoms. The summed E-state index contributed by atoms with van der Waals surface area (Å²) in [5.41, 5.74) is 1.05. The number of carboxylic acid groups (broad SMARTS) is 1. The molecule has 3 nitrogen and oxygen atoms in total. The molecule has 54 valence electrons. The molecule has 1 aromatic rings. The van der Waals surface area contributed by atoms with Crippen molar-refractivity contribution in [1.82, 2.24) is 4.98 Å². The molecule has 0 saturated heterocycles. The second kappa shape index (κ2) is 4.49. The summed E-state index contributed by atoms with van der Waals surface area (Å²) in [6, 6.07) is 3.20. The van der Waals surface area contributed by atoms with Gasteiger partial charge in [0, 0.05) is 11.9 Å². The van der Waals surface area contributed by atoms with Crippen LogP contribution < -0.4 is 0 Å². The topological polar surface area (TPSA) is 50.2 Å². The van der Waals surface area contributed by atoms with Crippen molar-refractivity contribution in [3.05, 3.63) is 29.6 Å². The van der Waals surface area contributed by atoms with Crippen LogP contribution in [0.4, 0.5) is 0 Å². The van der Waals surface area contributed by atoms with Crippen LogP contribution in [0.1, 0.15) is 16.1 Å². The molecule has 0 bridgehead atoms. The molecule has 4 heteroatoms. The van der Waals surface area contributed by atoms with Crippen molar-refractivity contribution < 1.29 is 9.90 Å². The molecule has 0 aliphatic heterocycles. The molecule has 0 aliphatic rings. The van der Waals surface area contributed by atoms with Crippen molar-refractivity contribution in [3.63, 3.8) is 0 Å². The number of aryl methyl sites for hydroxylation is 1. The molecule has 1 heterocycles. The van der Waals surface area contributed by atoms with E-state index in [4.69, 9.17) is 5.11 Å². The summed E-state index contributed by atoms with van der Waals surface area (Å²) in [6.45, 7) is 1.81. The third kappa shape index (κ3) is 3.01. The predicted octanol–water partition coefficient (Wildman–Crippen LogP) is 0.440. The van der Waals surface area contributed by atoms with E-state index in [1.165, 1.54) is 12.3 Å². The van der Waals surface area contributed by atoms with Crippen LogP contribution in [0.3, 0.4) is 0 Å². The zero-order valence-electron chi connectivity index (χ0n) is 5.53. The molecular weight excluding hydrogens is 153 g/mol. The maximum atomic E-state index is 10.3. The van der Waals surface area contributed by atoms with Crippen LogP contribution >= 0.6 is 0 Å².